The molecule has 0 fully saturated rings. The lowest BCUT2D eigenvalue weighted by Crippen LogP contribution is -2.43. The van der Waals surface area contributed by atoms with Gasteiger partial charge in [0.1, 0.15) is 0 Å². The highest BCUT2D eigenvalue weighted by Crippen LogP contribution is 1.83. The van der Waals surface area contributed by atoms with E-state index in [0.717, 1.165) is 7.11 Å². The van der Waals surface area contributed by atoms with Crippen molar-refractivity contribution in [3.8, 4) is 0 Å². The van der Waals surface area contributed by atoms with E-state index in [4.69, 9.17) is 10.2 Å². The fraction of sp³-hybridized carbons (Fsp3) is 0.600. The molecule has 3 N–H and O–H groups in total. The number of carboxylic acid groups (broad SMARTS) is 1. The van der Waals surface area contributed by atoms with Crippen LogP contribution in [0.2, 0.25) is 0 Å². The van der Waals surface area contributed by atoms with Gasteiger partial charge in [0.15, 0.2) is 6.04 Å². The number of carbonyl (C=O) groups is 2. The lowest BCUT2D eigenvalue weighted by molar-refractivity contribution is -0.140. The number of ether oxygens (including phenoxy) is 1. The first-order valence-electron chi connectivity index (χ1n) is 2.80. The van der Waals surface area contributed by atoms with Gasteiger partial charge < -0.3 is 20.3 Å². The molecule has 0 saturated heterocycles. The molecule has 11 heavy (non-hydrogen) atoms. The van der Waals surface area contributed by atoms with Crippen LogP contribution < -0.4 is 5.32 Å². The normalized spacial score (nSPS) is 11.8. The van der Waals surface area contributed by atoms with Crippen molar-refractivity contribution in [2.75, 3.05) is 13.7 Å². The minimum atomic E-state index is -1.31. The Hall–Kier alpha value is -1.30. The Kier molecular flexibility index (Phi) is 3.97. The van der Waals surface area contributed by atoms with Crippen LogP contribution in [0.15, 0.2) is 0 Å². The maximum Gasteiger partial charge on any atom is 0.407 e. The molecule has 0 rings (SSSR count). The summed E-state index contributed by atoms with van der Waals surface area (Å²) in [7, 11) is 1.10. The van der Waals surface area contributed by atoms with Gasteiger partial charge in [-0.15, -0.1) is 0 Å². The second kappa shape index (κ2) is 4.51. The first-order valence-corrected chi connectivity index (χ1v) is 2.80. The summed E-state index contributed by atoms with van der Waals surface area (Å²) in [6.07, 6.45) is -0.883. The Morgan fingerprint density at radius 1 is 1.64 bits per heavy atom. The summed E-state index contributed by atoms with van der Waals surface area (Å²) >= 11 is 0. The Labute approximate surface area is 62.8 Å². The van der Waals surface area contributed by atoms with Crippen molar-refractivity contribution in [3.63, 3.8) is 0 Å². The average molecular weight is 163 g/mol. The number of nitrogens with one attached hydrogen (secondary N) is 1. The van der Waals surface area contributed by atoms with Gasteiger partial charge in [0.2, 0.25) is 0 Å². The molecule has 6 nitrogen and oxygen atoms in total. The third kappa shape index (κ3) is 3.41. The van der Waals surface area contributed by atoms with Crippen molar-refractivity contribution in [1.82, 2.24) is 5.32 Å². The van der Waals surface area contributed by atoms with Gasteiger partial charge in [-0.2, -0.15) is 0 Å². The molecule has 64 valence electrons. The van der Waals surface area contributed by atoms with Crippen LogP contribution in [0.3, 0.4) is 0 Å². The molecule has 0 aromatic rings. The minimum absolute atomic E-state index is 0.662. The lowest BCUT2D eigenvalue weighted by atomic mass is 10.3. The first kappa shape index (κ1) is 9.70. The Morgan fingerprint density at radius 2 is 2.18 bits per heavy atom. The summed E-state index contributed by atoms with van der Waals surface area (Å²) in [5.74, 6) is -1.31. The maximum absolute atomic E-state index is 10.4. The number of aliphatic carboxylic acids is 1. The highest BCUT2D eigenvalue weighted by atomic mass is 16.5. The maximum atomic E-state index is 10.4. The van der Waals surface area contributed by atoms with Gasteiger partial charge in [0.25, 0.3) is 0 Å². The molecule has 0 aliphatic carbocycles. The molecule has 1 amide bonds. The van der Waals surface area contributed by atoms with Crippen molar-refractivity contribution >= 4 is 12.1 Å². The standard InChI is InChI=1S/C5H9NO5/c1-11-5(10)6-3(2-7)4(8)9/h3,7H,2H2,1H3,(H,6,10)(H,8,9)/t3-/m0/s1. The topological polar surface area (TPSA) is 95.9 Å². The summed E-state index contributed by atoms with van der Waals surface area (Å²) in [6.45, 7) is -0.662. The summed E-state index contributed by atoms with van der Waals surface area (Å²) < 4.78 is 4.11. The van der Waals surface area contributed by atoms with Crippen LogP contribution in [0.5, 0.6) is 0 Å². The second-order valence-electron chi connectivity index (χ2n) is 1.71. The van der Waals surface area contributed by atoms with E-state index in [1.165, 1.54) is 0 Å². The molecule has 0 radical (unpaired) electrons. The monoisotopic (exact) mass is 163 g/mol. The largest absolute Gasteiger partial charge is 0.480 e. The number of aliphatic hydroxyl groups excluding tert-OH is 1. The van der Waals surface area contributed by atoms with Crippen molar-refractivity contribution in [1.29, 1.82) is 0 Å². The van der Waals surface area contributed by atoms with Gasteiger partial charge in [0, 0.05) is 0 Å². The number of rotatable bonds is 3. The number of hydrogen-bond acceptors (Lipinski definition) is 4. The number of hydrogen-bond donors (Lipinski definition) is 3. The fourth-order valence-electron chi connectivity index (χ4n) is 0.387. The fourth-order valence-corrected chi connectivity index (χ4v) is 0.387. The van der Waals surface area contributed by atoms with E-state index >= 15 is 0 Å². The third-order valence-electron chi connectivity index (χ3n) is 0.958. The van der Waals surface area contributed by atoms with E-state index in [-0.39, 0.29) is 0 Å². The van der Waals surface area contributed by atoms with E-state index < -0.39 is 24.7 Å². The smallest absolute Gasteiger partial charge is 0.407 e. The van der Waals surface area contributed by atoms with Gasteiger partial charge in [0.05, 0.1) is 13.7 Å². The molecular weight excluding hydrogens is 154 g/mol. The van der Waals surface area contributed by atoms with Crippen LogP contribution >= 0.6 is 0 Å². The summed E-state index contributed by atoms with van der Waals surface area (Å²) in [5.41, 5.74) is 0. The molecule has 0 aromatic carbocycles. The Morgan fingerprint density at radius 3 is 2.45 bits per heavy atom. The van der Waals surface area contributed by atoms with Gasteiger partial charge in [-0.1, -0.05) is 0 Å². The number of methoxy groups -OCH3 is 1. The van der Waals surface area contributed by atoms with E-state index in [1.807, 2.05) is 5.32 Å². The van der Waals surface area contributed by atoms with E-state index in [0.29, 0.717) is 0 Å². The predicted molar refractivity (Wildman–Crippen MR) is 34.1 cm³/mol. The molecule has 0 bridgehead atoms. The van der Waals surface area contributed by atoms with Crippen LogP contribution in [0, 0.1) is 0 Å². The molecule has 0 saturated carbocycles. The van der Waals surface area contributed by atoms with Crippen LogP contribution in [0.25, 0.3) is 0 Å². The molecule has 0 aliphatic heterocycles. The molecule has 0 spiro atoms. The van der Waals surface area contributed by atoms with Gasteiger partial charge >= 0.3 is 12.1 Å². The van der Waals surface area contributed by atoms with Crippen LogP contribution in [-0.2, 0) is 9.53 Å². The van der Waals surface area contributed by atoms with E-state index in [2.05, 4.69) is 4.74 Å². The first-order chi connectivity index (χ1) is 5.11. The van der Waals surface area contributed by atoms with Crippen LogP contribution in [0.4, 0.5) is 4.79 Å². The average Bonchev–Trinajstić information content (AvgIpc) is 1.99. The molecule has 1 atom stereocenters. The van der Waals surface area contributed by atoms with Crippen molar-refractivity contribution in [2.45, 2.75) is 6.04 Å². The predicted octanol–water partition coefficient (Wildman–Crippen LogP) is -1.21. The zero-order valence-corrected chi connectivity index (χ0v) is 5.90. The second-order valence-corrected chi connectivity index (χ2v) is 1.71. The van der Waals surface area contributed by atoms with Crippen molar-refractivity contribution in [3.05, 3.63) is 0 Å². The molecule has 0 unspecified atom stereocenters. The van der Waals surface area contributed by atoms with E-state index in [9.17, 15) is 9.59 Å². The van der Waals surface area contributed by atoms with Crippen molar-refractivity contribution < 1.29 is 24.5 Å². The van der Waals surface area contributed by atoms with Gasteiger partial charge in [-0.05, 0) is 0 Å². The third-order valence-corrected chi connectivity index (χ3v) is 0.958. The van der Waals surface area contributed by atoms with E-state index in [1.54, 1.807) is 0 Å². The molecule has 0 heterocycles. The summed E-state index contributed by atoms with van der Waals surface area (Å²) in [5, 5.41) is 18.6. The zero-order valence-electron chi connectivity index (χ0n) is 5.90. The number of aliphatic hydroxyl groups is 1. The molecule has 0 aromatic heterocycles. The highest BCUT2D eigenvalue weighted by molar-refractivity contribution is 5.79. The Bertz CT molecular complexity index is 157. The van der Waals surface area contributed by atoms with Crippen LogP contribution in [0.1, 0.15) is 0 Å². The number of carbonyl (C=O) groups excluding carboxylic acids is 1. The zero-order chi connectivity index (χ0) is 8.85. The van der Waals surface area contributed by atoms with Gasteiger partial charge in [-0.3, -0.25) is 0 Å². The SMILES string of the molecule is COC(=O)N[C@@H](CO)C(=O)O. The minimum Gasteiger partial charge on any atom is -0.480 e. The molecular formula is C5H9NO5. The molecule has 0 aliphatic rings. The lowest BCUT2D eigenvalue weighted by Gasteiger charge is -2.09. The van der Waals surface area contributed by atoms with Crippen molar-refractivity contribution in [2.24, 2.45) is 0 Å². The van der Waals surface area contributed by atoms with Gasteiger partial charge in [-0.25, -0.2) is 9.59 Å². The molecule has 6 heteroatoms. The number of amides is 1. The number of alkyl carbamates (subject to hydrolysis) is 1. The Balaban J connectivity index is 3.88. The summed E-state index contributed by atoms with van der Waals surface area (Å²) in [4.78, 5) is 20.5. The quantitative estimate of drug-likeness (QED) is 0.485. The highest BCUT2D eigenvalue weighted by Gasteiger charge is 2.18. The van der Waals surface area contributed by atoms with Crippen LogP contribution in [-0.4, -0.2) is 42.0 Å². The summed E-state index contributed by atoms with van der Waals surface area (Å²) in [6, 6.07) is -1.30. The number of carboxylic acids is 1.